The third-order valence-electron chi connectivity index (χ3n) is 4.58. The van der Waals surface area contributed by atoms with Crippen LogP contribution in [-0.4, -0.2) is 64.4 Å². The molecule has 1 saturated heterocycles. The van der Waals surface area contributed by atoms with Crippen LogP contribution in [0, 0.1) is 0 Å². The van der Waals surface area contributed by atoms with Crippen molar-refractivity contribution in [1.82, 2.24) is 30.4 Å². The predicted molar refractivity (Wildman–Crippen MR) is 97.3 cm³/mol. The molecule has 1 fully saturated rings. The van der Waals surface area contributed by atoms with Gasteiger partial charge in [-0.05, 0) is 24.3 Å². The topological polar surface area (TPSA) is 102 Å². The van der Waals surface area contributed by atoms with E-state index in [1.165, 1.54) is 6.33 Å². The van der Waals surface area contributed by atoms with Gasteiger partial charge >= 0.3 is 6.03 Å². The summed E-state index contributed by atoms with van der Waals surface area (Å²) in [5.74, 6) is 1.57. The largest absolute Gasteiger partial charge is 0.497 e. The van der Waals surface area contributed by atoms with E-state index >= 15 is 0 Å². The molecule has 2 amide bonds. The van der Waals surface area contributed by atoms with Gasteiger partial charge in [-0.15, -0.1) is 0 Å². The fourth-order valence-corrected chi connectivity index (χ4v) is 3.15. The first-order chi connectivity index (χ1) is 12.7. The fourth-order valence-electron chi connectivity index (χ4n) is 3.15. The average molecular weight is 355 g/mol. The van der Waals surface area contributed by atoms with Crippen LogP contribution >= 0.6 is 0 Å². The number of carbonyl (C=O) groups excluding carboxylic acids is 1. The number of H-pyrrole nitrogens is 2. The lowest BCUT2D eigenvalue weighted by Crippen LogP contribution is -2.52. The highest BCUT2D eigenvalue weighted by atomic mass is 16.5. The highest BCUT2D eigenvalue weighted by Crippen LogP contribution is 2.21. The maximum atomic E-state index is 12.4. The van der Waals surface area contributed by atoms with E-state index in [0.29, 0.717) is 19.6 Å². The van der Waals surface area contributed by atoms with E-state index in [9.17, 15) is 4.79 Å². The third kappa shape index (κ3) is 3.28. The summed E-state index contributed by atoms with van der Waals surface area (Å²) in [6, 6.07) is 7.83. The molecule has 1 aliphatic rings. The summed E-state index contributed by atoms with van der Waals surface area (Å²) in [7, 11) is 1.65. The van der Waals surface area contributed by atoms with E-state index in [-0.39, 0.29) is 6.03 Å². The molecule has 1 aromatic carbocycles. The minimum atomic E-state index is -0.0570. The van der Waals surface area contributed by atoms with Crippen LogP contribution < -0.4 is 15.0 Å². The quantitative estimate of drug-likeness (QED) is 0.655. The number of nitrogens with one attached hydrogen (secondary N) is 3. The van der Waals surface area contributed by atoms with Gasteiger partial charge in [0.2, 0.25) is 5.95 Å². The van der Waals surface area contributed by atoms with Crippen molar-refractivity contribution >= 4 is 22.9 Å². The average Bonchev–Trinajstić information content (AvgIpc) is 3.35. The monoisotopic (exact) mass is 355 g/mol. The lowest BCUT2D eigenvalue weighted by molar-refractivity contribution is 0.193. The Kier molecular flexibility index (Phi) is 4.34. The smallest absolute Gasteiger partial charge is 0.317 e. The number of urea groups is 1. The van der Waals surface area contributed by atoms with Crippen LogP contribution in [-0.2, 0) is 6.54 Å². The Morgan fingerprint density at radius 3 is 2.85 bits per heavy atom. The van der Waals surface area contributed by atoms with Crippen molar-refractivity contribution in [2.45, 2.75) is 6.54 Å². The van der Waals surface area contributed by atoms with E-state index in [1.54, 1.807) is 7.11 Å². The molecule has 26 heavy (non-hydrogen) atoms. The van der Waals surface area contributed by atoms with Gasteiger partial charge in [-0.1, -0.05) is 0 Å². The number of carbonyl (C=O) groups is 1. The number of aromatic amines is 2. The van der Waals surface area contributed by atoms with Gasteiger partial charge in [0.15, 0.2) is 0 Å². The van der Waals surface area contributed by atoms with Gasteiger partial charge in [-0.3, -0.25) is 0 Å². The van der Waals surface area contributed by atoms with Crippen LogP contribution in [0.15, 0.2) is 30.6 Å². The van der Waals surface area contributed by atoms with Gasteiger partial charge in [0, 0.05) is 42.8 Å². The molecule has 0 radical (unpaired) electrons. The Bertz CT molecular complexity index is 882. The van der Waals surface area contributed by atoms with Crippen LogP contribution in [0.1, 0.15) is 5.69 Å². The number of nitrogens with zero attached hydrogens (tertiary/aromatic N) is 4. The second-order valence-electron chi connectivity index (χ2n) is 6.19. The number of rotatable bonds is 4. The van der Waals surface area contributed by atoms with Crippen molar-refractivity contribution in [3.05, 3.63) is 36.3 Å². The SMILES string of the molecule is COc1ccc2[nH]c(CNC(=O)N3CCN(c4ncn[nH]4)CC3)cc2c1. The maximum Gasteiger partial charge on any atom is 0.317 e. The van der Waals surface area contributed by atoms with Gasteiger partial charge in [0.25, 0.3) is 0 Å². The van der Waals surface area contributed by atoms with E-state index in [1.807, 2.05) is 29.2 Å². The number of aromatic nitrogens is 4. The molecule has 9 nitrogen and oxygen atoms in total. The number of ether oxygens (including phenoxy) is 1. The number of hydrogen-bond donors (Lipinski definition) is 3. The van der Waals surface area contributed by atoms with Crippen molar-refractivity contribution in [3.8, 4) is 5.75 Å². The van der Waals surface area contributed by atoms with Crippen LogP contribution in [0.2, 0.25) is 0 Å². The zero-order valence-corrected chi connectivity index (χ0v) is 14.5. The summed E-state index contributed by atoms with van der Waals surface area (Å²) in [5, 5.41) is 10.8. The number of amides is 2. The number of piperazine rings is 1. The molecule has 0 unspecified atom stereocenters. The number of hydrogen-bond acceptors (Lipinski definition) is 5. The summed E-state index contributed by atoms with van der Waals surface area (Å²) in [6.45, 7) is 3.22. The Hall–Kier alpha value is -3.23. The molecule has 1 aliphatic heterocycles. The standard InChI is InChI=1S/C17H21N7O2/c1-26-14-2-3-15-12(9-14)8-13(21-15)10-18-17(25)24-6-4-23(5-7-24)16-19-11-20-22-16/h2-3,8-9,11,21H,4-7,10H2,1H3,(H,18,25)(H,19,20,22). The van der Waals surface area contributed by atoms with Crippen LogP contribution in [0.25, 0.3) is 10.9 Å². The van der Waals surface area contributed by atoms with Crippen molar-refractivity contribution in [2.24, 2.45) is 0 Å². The second kappa shape index (κ2) is 6.95. The van der Waals surface area contributed by atoms with Crippen molar-refractivity contribution in [1.29, 1.82) is 0 Å². The summed E-state index contributed by atoms with van der Waals surface area (Å²) in [5.41, 5.74) is 1.98. The molecule has 0 atom stereocenters. The normalized spacial score (nSPS) is 14.7. The van der Waals surface area contributed by atoms with Crippen LogP contribution in [0.3, 0.4) is 0 Å². The first-order valence-electron chi connectivity index (χ1n) is 8.51. The van der Waals surface area contributed by atoms with Crippen molar-refractivity contribution in [2.75, 3.05) is 38.2 Å². The first-order valence-corrected chi connectivity index (χ1v) is 8.51. The maximum absolute atomic E-state index is 12.4. The number of methoxy groups -OCH3 is 1. The van der Waals surface area contributed by atoms with Crippen LogP contribution in [0.4, 0.5) is 10.7 Å². The molecule has 4 rings (SSSR count). The Morgan fingerprint density at radius 1 is 1.27 bits per heavy atom. The van der Waals surface area contributed by atoms with Crippen molar-refractivity contribution < 1.29 is 9.53 Å². The van der Waals surface area contributed by atoms with E-state index in [0.717, 1.165) is 41.4 Å². The number of anilines is 1. The van der Waals surface area contributed by atoms with E-state index < -0.39 is 0 Å². The molecule has 2 aromatic heterocycles. The second-order valence-corrected chi connectivity index (χ2v) is 6.19. The molecule has 0 saturated carbocycles. The van der Waals surface area contributed by atoms with Gasteiger partial charge in [0.05, 0.1) is 13.7 Å². The number of benzene rings is 1. The van der Waals surface area contributed by atoms with Gasteiger partial charge in [-0.25, -0.2) is 9.89 Å². The molecular weight excluding hydrogens is 334 g/mol. The molecule has 0 spiro atoms. The first kappa shape index (κ1) is 16.2. The van der Waals surface area contributed by atoms with Gasteiger partial charge < -0.3 is 24.8 Å². The van der Waals surface area contributed by atoms with E-state index in [2.05, 4.69) is 30.4 Å². The molecule has 3 N–H and O–H groups in total. The third-order valence-corrected chi connectivity index (χ3v) is 4.58. The lowest BCUT2D eigenvalue weighted by Gasteiger charge is -2.34. The highest BCUT2D eigenvalue weighted by Gasteiger charge is 2.22. The van der Waals surface area contributed by atoms with Crippen molar-refractivity contribution in [3.63, 3.8) is 0 Å². The molecule has 3 heterocycles. The lowest BCUT2D eigenvalue weighted by atomic mass is 10.2. The van der Waals surface area contributed by atoms with Gasteiger partial charge in [0.1, 0.15) is 12.1 Å². The zero-order valence-electron chi connectivity index (χ0n) is 14.5. The molecule has 0 bridgehead atoms. The Balaban J connectivity index is 1.31. The molecule has 9 heteroatoms. The number of fused-ring (bicyclic) bond motifs is 1. The fraction of sp³-hybridized carbons (Fsp3) is 0.353. The summed E-state index contributed by atoms with van der Waals surface area (Å²) < 4.78 is 5.24. The Labute approximate surface area is 150 Å². The molecule has 0 aliphatic carbocycles. The summed E-state index contributed by atoms with van der Waals surface area (Å²) >= 11 is 0. The van der Waals surface area contributed by atoms with Crippen LogP contribution in [0.5, 0.6) is 5.75 Å². The van der Waals surface area contributed by atoms with E-state index in [4.69, 9.17) is 4.74 Å². The molecule has 3 aromatic rings. The summed E-state index contributed by atoms with van der Waals surface area (Å²) in [6.07, 6.45) is 1.49. The zero-order chi connectivity index (χ0) is 17.9. The minimum Gasteiger partial charge on any atom is -0.497 e. The predicted octanol–water partition coefficient (Wildman–Crippen LogP) is 1.33. The molecular formula is C17H21N7O2. The van der Waals surface area contributed by atoms with Gasteiger partial charge in [-0.2, -0.15) is 10.1 Å². The molecule has 136 valence electrons. The minimum absolute atomic E-state index is 0.0570. The Morgan fingerprint density at radius 2 is 2.12 bits per heavy atom. The summed E-state index contributed by atoms with van der Waals surface area (Å²) in [4.78, 5) is 23.8. The highest BCUT2D eigenvalue weighted by molar-refractivity contribution is 5.82.